The predicted octanol–water partition coefficient (Wildman–Crippen LogP) is 2.07. The summed E-state index contributed by atoms with van der Waals surface area (Å²) in [7, 11) is 0. The maximum absolute atomic E-state index is 12.1. The third-order valence-electron chi connectivity index (χ3n) is 3.51. The number of nitrogens with one attached hydrogen (secondary N) is 2. The normalized spacial score (nSPS) is 12.3. The summed E-state index contributed by atoms with van der Waals surface area (Å²) in [5.74, 6) is 0. The fourth-order valence-corrected chi connectivity index (χ4v) is 3.39. The van der Waals surface area contributed by atoms with E-state index in [1.807, 2.05) is 18.2 Å². The lowest BCUT2D eigenvalue weighted by molar-refractivity contribution is 0.804. The van der Waals surface area contributed by atoms with E-state index >= 15 is 0 Å². The molecule has 2 N–H and O–H groups in total. The second-order valence-corrected chi connectivity index (χ2v) is 6.39. The van der Waals surface area contributed by atoms with Crippen LogP contribution in [-0.2, 0) is 6.42 Å². The Bertz CT molecular complexity index is 977. The van der Waals surface area contributed by atoms with Crippen molar-refractivity contribution in [1.29, 1.82) is 0 Å². The number of hydrogen-bond donors (Lipinski definition) is 2. The molecule has 0 radical (unpaired) electrons. The van der Waals surface area contributed by atoms with Crippen molar-refractivity contribution >= 4 is 24.0 Å². The molecule has 0 saturated carbocycles. The predicted molar refractivity (Wildman–Crippen MR) is 88.0 cm³/mol. The van der Waals surface area contributed by atoms with Crippen LogP contribution in [0.25, 0.3) is 12.7 Å². The first-order valence-electron chi connectivity index (χ1n) is 7.18. The van der Waals surface area contributed by atoms with Crippen molar-refractivity contribution in [2.24, 2.45) is 0 Å². The Morgan fingerprint density at radius 2 is 2.10 bits per heavy atom. The molecule has 1 aromatic rings. The smallest absolute Gasteiger partial charge is 0.257 e. The van der Waals surface area contributed by atoms with Crippen LogP contribution in [0.3, 0.4) is 0 Å². The standard InChI is InChI=1S/C17H18N2OS/c1-3-4-5-12-7-8-13(21-12)10-14-16-15(19-17(14)20)9-6-11(2)18-16/h6-10,18H,2-5H2,1H3,(H,19,20). The number of H-pyrrole nitrogens is 2. The van der Waals surface area contributed by atoms with Gasteiger partial charge in [-0.25, -0.2) is 0 Å². The molecule has 2 aliphatic heterocycles. The molecule has 2 aliphatic rings. The van der Waals surface area contributed by atoms with E-state index in [0.717, 1.165) is 27.3 Å². The van der Waals surface area contributed by atoms with Crippen LogP contribution < -0.4 is 16.1 Å². The second kappa shape index (κ2) is 5.74. The molecule has 0 amide bonds. The molecule has 3 rings (SSSR count). The first kappa shape index (κ1) is 13.9. The van der Waals surface area contributed by atoms with E-state index in [1.54, 1.807) is 11.3 Å². The fourth-order valence-electron chi connectivity index (χ4n) is 2.39. The molecule has 0 saturated heterocycles. The number of aryl methyl sites for hydroxylation is 1. The molecule has 1 aromatic heterocycles. The minimum atomic E-state index is -0.0599. The lowest BCUT2D eigenvalue weighted by atomic mass is 10.2. The molecule has 4 heteroatoms. The van der Waals surface area contributed by atoms with Crippen LogP contribution in [0, 0.1) is 10.7 Å². The highest BCUT2D eigenvalue weighted by Crippen LogP contribution is 2.18. The van der Waals surface area contributed by atoms with Gasteiger partial charge in [-0.1, -0.05) is 19.9 Å². The fraction of sp³-hybridized carbons (Fsp3) is 0.235. The van der Waals surface area contributed by atoms with Gasteiger partial charge in [0.25, 0.3) is 5.56 Å². The minimum Gasteiger partial charge on any atom is -0.354 e. The van der Waals surface area contributed by atoms with E-state index in [0.29, 0.717) is 5.22 Å². The van der Waals surface area contributed by atoms with Gasteiger partial charge in [0.2, 0.25) is 0 Å². The maximum Gasteiger partial charge on any atom is 0.257 e. The first-order chi connectivity index (χ1) is 10.2. The summed E-state index contributed by atoms with van der Waals surface area (Å²) in [6.45, 7) is 6.08. The van der Waals surface area contributed by atoms with Crippen LogP contribution in [0.2, 0.25) is 0 Å². The van der Waals surface area contributed by atoms with Crippen molar-refractivity contribution in [2.45, 2.75) is 26.2 Å². The SMILES string of the molecule is C=c1ccc2[nH]c(=O)c(=Cc3ccc(CCCC)s3)c=2[nH]1. The van der Waals surface area contributed by atoms with Crippen LogP contribution in [0.15, 0.2) is 29.1 Å². The van der Waals surface area contributed by atoms with Gasteiger partial charge < -0.3 is 9.97 Å². The quantitative estimate of drug-likeness (QED) is 0.761. The van der Waals surface area contributed by atoms with E-state index in [1.165, 1.54) is 17.7 Å². The van der Waals surface area contributed by atoms with E-state index in [-0.39, 0.29) is 5.56 Å². The minimum absolute atomic E-state index is 0.0599. The molecule has 0 spiro atoms. The zero-order valence-electron chi connectivity index (χ0n) is 12.0. The van der Waals surface area contributed by atoms with Crippen molar-refractivity contribution in [3.05, 3.63) is 65.6 Å². The van der Waals surface area contributed by atoms with E-state index in [9.17, 15) is 4.79 Å². The highest BCUT2D eigenvalue weighted by atomic mass is 32.1. The zero-order valence-corrected chi connectivity index (χ0v) is 12.8. The first-order valence-corrected chi connectivity index (χ1v) is 7.99. The van der Waals surface area contributed by atoms with Crippen LogP contribution in [-0.4, -0.2) is 9.97 Å². The highest BCUT2D eigenvalue weighted by Gasteiger charge is 2.02. The summed E-state index contributed by atoms with van der Waals surface area (Å²) in [6.07, 6.45) is 5.48. The average molecular weight is 298 g/mol. The van der Waals surface area contributed by atoms with E-state index in [4.69, 9.17) is 0 Å². The lowest BCUT2D eigenvalue weighted by Crippen LogP contribution is -2.23. The van der Waals surface area contributed by atoms with Gasteiger partial charge >= 0.3 is 0 Å². The van der Waals surface area contributed by atoms with Crippen LogP contribution in [0.1, 0.15) is 29.5 Å². The number of aromatic nitrogens is 2. The van der Waals surface area contributed by atoms with Crippen LogP contribution in [0.4, 0.5) is 0 Å². The Labute approximate surface area is 126 Å². The molecule has 0 bridgehead atoms. The van der Waals surface area contributed by atoms with Gasteiger partial charge in [-0.05, 0) is 43.2 Å². The number of unbranched alkanes of at least 4 members (excludes halogenated alkanes) is 1. The van der Waals surface area contributed by atoms with Crippen LogP contribution in [0.5, 0.6) is 0 Å². The van der Waals surface area contributed by atoms with Crippen molar-refractivity contribution < 1.29 is 0 Å². The molecule has 0 atom stereocenters. The second-order valence-electron chi connectivity index (χ2n) is 5.19. The molecule has 0 aliphatic carbocycles. The Morgan fingerprint density at radius 1 is 1.24 bits per heavy atom. The monoisotopic (exact) mass is 298 g/mol. The summed E-state index contributed by atoms with van der Waals surface area (Å²) in [6, 6.07) is 7.98. The van der Waals surface area contributed by atoms with Crippen molar-refractivity contribution in [1.82, 2.24) is 9.97 Å². The molecular weight excluding hydrogens is 280 g/mol. The molecule has 0 fully saturated rings. The molecule has 0 aromatic carbocycles. The summed E-state index contributed by atoms with van der Waals surface area (Å²) >= 11 is 1.75. The third kappa shape index (κ3) is 2.85. The lowest BCUT2D eigenvalue weighted by Gasteiger charge is -1.91. The molecule has 108 valence electrons. The van der Waals surface area contributed by atoms with E-state index in [2.05, 4.69) is 35.6 Å². The van der Waals surface area contributed by atoms with Gasteiger partial charge in [-0.15, -0.1) is 11.3 Å². The average Bonchev–Trinajstić information content (AvgIpc) is 3.03. The Hall–Kier alpha value is -2.07. The number of aromatic amines is 2. The van der Waals surface area contributed by atoms with Gasteiger partial charge in [0.05, 0.1) is 15.9 Å². The van der Waals surface area contributed by atoms with Crippen molar-refractivity contribution in [3.8, 4) is 0 Å². The Balaban J connectivity index is 2.11. The number of rotatable bonds is 4. The van der Waals surface area contributed by atoms with Gasteiger partial charge in [0.15, 0.2) is 0 Å². The van der Waals surface area contributed by atoms with Crippen molar-refractivity contribution in [2.75, 3.05) is 0 Å². The maximum atomic E-state index is 12.1. The largest absolute Gasteiger partial charge is 0.354 e. The van der Waals surface area contributed by atoms with E-state index < -0.39 is 0 Å². The van der Waals surface area contributed by atoms with Gasteiger partial charge in [-0.3, -0.25) is 4.79 Å². The summed E-state index contributed by atoms with van der Waals surface area (Å²) in [5.41, 5.74) is -0.0599. The Kier molecular flexibility index (Phi) is 3.80. The highest BCUT2D eigenvalue weighted by molar-refractivity contribution is 7.12. The van der Waals surface area contributed by atoms with Gasteiger partial charge in [0.1, 0.15) is 0 Å². The summed E-state index contributed by atoms with van der Waals surface area (Å²) < 4.78 is 0. The molecular formula is C17H18N2OS. The number of thiophene rings is 1. The topological polar surface area (TPSA) is 48.6 Å². The van der Waals surface area contributed by atoms with Gasteiger partial charge in [-0.2, -0.15) is 0 Å². The molecule has 3 heterocycles. The van der Waals surface area contributed by atoms with Crippen LogP contribution >= 0.6 is 11.3 Å². The summed E-state index contributed by atoms with van der Waals surface area (Å²) in [5, 5.41) is 3.13. The number of hydrogen-bond acceptors (Lipinski definition) is 2. The molecule has 0 unspecified atom stereocenters. The van der Waals surface area contributed by atoms with Gasteiger partial charge in [0, 0.05) is 15.1 Å². The van der Waals surface area contributed by atoms with Crippen molar-refractivity contribution in [3.63, 3.8) is 0 Å². The molecule has 21 heavy (non-hydrogen) atoms. The third-order valence-corrected chi connectivity index (χ3v) is 4.61. The molecule has 3 nitrogen and oxygen atoms in total. The summed E-state index contributed by atoms with van der Waals surface area (Å²) in [4.78, 5) is 20.6. The Morgan fingerprint density at radius 3 is 2.90 bits per heavy atom. The zero-order chi connectivity index (χ0) is 14.8.